The summed E-state index contributed by atoms with van der Waals surface area (Å²) < 4.78 is 7.80. The summed E-state index contributed by atoms with van der Waals surface area (Å²) in [5.74, 6) is 0. The van der Waals surface area contributed by atoms with Crippen LogP contribution in [0.4, 0.5) is 0 Å². The zero-order valence-corrected chi connectivity index (χ0v) is 9.39. The molecule has 5 heteroatoms. The minimum atomic E-state index is -0.241. The van der Waals surface area contributed by atoms with Gasteiger partial charge in [0.05, 0.1) is 12.7 Å². The predicted octanol–water partition coefficient (Wildman–Crippen LogP) is 0.116. The molecule has 1 aromatic rings. The normalized spacial score (nSPS) is 18.7. The molecule has 0 bridgehead atoms. The maximum absolute atomic E-state index is 11.6. The van der Waals surface area contributed by atoms with Gasteiger partial charge in [-0.25, -0.2) is 4.79 Å². The lowest BCUT2D eigenvalue weighted by atomic mass is 10.2. The van der Waals surface area contributed by atoms with Crippen molar-refractivity contribution < 1.29 is 4.74 Å². The van der Waals surface area contributed by atoms with E-state index in [9.17, 15) is 9.59 Å². The highest BCUT2D eigenvalue weighted by Crippen LogP contribution is 2.16. The molecule has 1 aliphatic rings. The van der Waals surface area contributed by atoms with Crippen molar-refractivity contribution in [2.75, 3.05) is 6.61 Å². The van der Waals surface area contributed by atoms with Crippen LogP contribution < -0.4 is 11.2 Å². The molecule has 1 atom stereocenters. The van der Waals surface area contributed by atoms with E-state index in [-0.39, 0.29) is 11.2 Å². The van der Waals surface area contributed by atoms with E-state index < -0.39 is 0 Å². The zero-order chi connectivity index (χ0) is 11.5. The Morgan fingerprint density at radius 3 is 2.88 bits per heavy atom. The number of aryl methyl sites for hydroxylation is 1. The second kappa shape index (κ2) is 4.65. The van der Waals surface area contributed by atoms with Crippen LogP contribution in [-0.2, 0) is 18.3 Å². The second-order valence-corrected chi connectivity index (χ2v) is 4.15. The highest BCUT2D eigenvalue weighted by molar-refractivity contribution is 4.85. The molecule has 0 aromatic carbocycles. The first-order valence-corrected chi connectivity index (χ1v) is 5.56. The molecular formula is C11H16N2O3. The largest absolute Gasteiger partial charge is 0.373 e. The molecule has 1 aromatic heterocycles. The average Bonchev–Trinajstić information content (AvgIpc) is 3.07. The molecule has 0 N–H and O–H groups in total. The van der Waals surface area contributed by atoms with Crippen LogP contribution in [0.3, 0.4) is 0 Å². The molecule has 2 rings (SSSR count). The summed E-state index contributed by atoms with van der Waals surface area (Å²) in [6.45, 7) is 1.37. The van der Waals surface area contributed by atoms with Gasteiger partial charge < -0.3 is 9.30 Å². The van der Waals surface area contributed by atoms with Gasteiger partial charge in [-0.3, -0.25) is 9.36 Å². The third kappa shape index (κ3) is 2.61. The number of epoxide rings is 1. The maximum Gasteiger partial charge on any atom is 0.330 e. The van der Waals surface area contributed by atoms with E-state index in [1.165, 1.54) is 21.4 Å². The Bertz CT molecular complexity index is 471. The smallest absolute Gasteiger partial charge is 0.330 e. The number of aromatic nitrogens is 2. The summed E-state index contributed by atoms with van der Waals surface area (Å²) in [5.41, 5.74) is -0.457. The lowest BCUT2D eigenvalue weighted by Crippen LogP contribution is -2.37. The van der Waals surface area contributed by atoms with Crippen molar-refractivity contribution in [3.8, 4) is 0 Å². The molecule has 1 saturated heterocycles. The van der Waals surface area contributed by atoms with Crippen LogP contribution in [-0.4, -0.2) is 21.8 Å². The molecule has 0 spiro atoms. The molecule has 88 valence electrons. The minimum Gasteiger partial charge on any atom is -0.373 e. The monoisotopic (exact) mass is 224 g/mol. The van der Waals surface area contributed by atoms with E-state index in [2.05, 4.69) is 0 Å². The van der Waals surface area contributed by atoms with Crippen molar-refractivity contribution in [2.45, 2.75) is 31.9 Å². The van der Waals surface area contributed by atoms with Crippen molar-refractivity contribution in [3.05, 3.63) is 33.1 Å². The van der Waals surface area contributed by atoms with Gasteiger partial charge in [0.25, 0.3) is 5.56 Å². The number of hydrogen-bond acceptors (Lipinski definition) is 3. The summed E-state index contributed by atoms with van der Waals surface area (Å²) in [5, 5.41) is 0. The Kier molecular flexibility index (Phi) is 3.24. The van der Waals surface area contributed by atoms with E-state index in [0.29, 0.717) is 12.6 Å². The van der Waals surface area contributed by atoms with Gasteiger partial charge in [-0.1, -0.05) is 0 Å². The quantitative estimate of drug-likeness (QED) is 0.527. The van der Waals surface area contributed by atoms with Gasteiger partial charge >= 0.3 is 5.69 Å². The first-order chi connectivity index (χ1) is 7.68. The number of hydrogen-bond donors (Lipinski definition) is 0. The SMILES string of the molecule is Cn1ccc(=O)n(CCCCC2CO2)c1=O. The number of rotatable bonds is 5. The molecule has 0 aliphatic carbocycles. The Hall–Kier alpha value is -1.36. The molecular weight excluding hydrogens is 208 g/mol. The topological polar surface area (TPSA) is 56.5 Å². The predicted molar refractivity (Wildman–Crippen MR) is 59.5 cm³/mol. The Balaban J connectivity index is 1.94. The molecule has 0 radical (unpaired) electrons. The van der Waals surface area contributed by atoms with Crippen molar-refractivity contribution in [2.24, 2.45) is 7.05 Å². The fourth-order valence-electron chi connectivity index (χ4n) is 1.70. The van der Waals surface area contributed by atoms with Crippen molar-refractivity contribution >= 4 is 0 Å². The van der Waals surface area contributed by atoms with Crippen molar-refractivity contribution in [1.29, 1.82) is 0 Å². The summed E-state index contributed by atoms with van der Waals surface area (Å²) >= 11 is 0. The van der Waals surface area contributed by atoms with Gasteiger partial charge in [0.15, 0.2) is 0 Å². The molecule has 2 heterocycles. The standard InChI is InChI=1S/C11H16N2O3/c1-12-7-5-10(14)13(11(12)15)6-3-2-4-9-8-16-9/h5,7,9H,2-4,6,8H2,1H3. The summed E-state index contributed by atoms with van der Waals surface area (Å²) in [6, 6.07) is 1.42. The van der Waals surface area contributed by atoms with Crippen molar-refractivity contribution in [1.82, 2.24) is 9.13 Å². The number of unbranched alkanes of at least 4 members (excludes halogenated alkanes) is 1. The van der Waals surface area contributed by atoms with Gasteiger partial charge in [0.2, 0.25) is 0 Å². The summed E-state index contributed by atoms with van der Waals surface area (Å²) in [7, 11) is 1.65. The fraction of sp³-hybridized carbons (Fsp3) is 0.636. The maximum atomic E-state index is 11.6. The molecule has 0 amide bonds. The number of nitrogens with zero attached hydrogens (tertiary/aromatic N) is 2. The van der Waals surface area contributed by atoms with Crippen LogP contribution in [0, 0.1) is 0 Å². The van der Waals surface area contributed by atoms with Gasteiger partial charge in [-0.15, -0.1) is 0 Å². The van der Waals surface area contributed by atoms with Crippen LogP contribution >= 0.6 is 0 Å². The van der Waals surface area contributed by atoms with E-state index in [1.807, 2.05) is 0 Å². The van der Waals surface area contributed by atoms with E-state index in [0.717, 1.165) is 25.9 Å². The van der Waals surface area contributed by atoms with Crippen LogP contribution in [0.2, 0.25) is 0 Å². The molecule has 1 fully saturated rings. The average molecular weight is 224 g/mol. The molecule has 1 aliphatic heterocycles. The highest BCUT2D eigenvalue weighted by Gasteiger charge is 2.21. The third-order valence-corrected chi connectivity index (χ3v) is 2.80. The van der Waals surface area contributed by atoms with Gasteiger partial charge in [-0.2, -0.15) is 0 Å². The summed E-state index contributed by atoms with van der Waals surface area (Å²) in [6.07, 6.45) is 4.80. The van der Waals surface area contributed by atoms with Crippen LogP contribution in [0.5, 0.6) is 0 Å². The molecule has 16 heavy (non-hydrogen) atoms. The first-order valence-electron chi connectivity index (χ1n) is 5.56. The zero-order valence-electron chi connectivity index (χ0n) is 9.39. The summed E-state index contributed by atoms with van der Waals surface area (Å²) in [4.78, 5) is 23.1. The fourth-order valence-corrected chi connectivity index (χ4v) is 1.70. The second-order valence-electron chi connectivity index (χ2n) is 4.15. The first kappa shape index (κ1) is 11.1. The van der Waals surface area contributed by atoms with Crippen molar-refractivity contribution in [3.63, 3.8) is 0 Å². The Labute approximate surface area is 93.3 Å². The van der Waals surface area contributed by atoms with Gasteiger partial charge in [0.1, 0.15) is 0 Å². The van der Waals surface area contributed by atoms with Gasteiger partial charge in [0, 0.05) is 25.9 Å². The highest BCUT2D eigenvalue weighted by atomic mass is 16.6. The van der Waals surface area contributed by atoms with Gasteiger partial charge in [-0.05, 0) is 19.3 Å². The lowest BCUT2D eigenvalue weighted by molar-refractivity contribution is 0.385. The van der Waals surface area contributed by atoms with E-state index >= 15 is 0 Å². The molecule has 1 unspecified atom stereocenters. The van der Waals surface area contributed by atoms with Crippen LogP contribution in [0.1, 0.15) is 19.3 Å². The van der Waals surface area contributed by atoms with E-state index in [1.54, 1.807) is 7.05 Å². The molecule has 0 saturated carbocycles. The van der Waals surface area contributed by atoms with Crippen LogP contribution in [0.15, 0.2) is 21.9 Å². The Morgan fingerprint density at radius 1 is 1.44 bits per heavy atom. The van der Waals surface area contributed by atoms with E-state index in [4.69, 9.17) is 4.74 Å². The molecule has 5 nitrogen and oxygen atoms in total. The number of ether oxygens (including phenoxy) is 1. The lowest BCUT2D eigenvalue weighted by Gasteiger charge is -2.05. The van der Waals surface area contributed by atoms with Crippen LogP contribution in [0.25, 0.3) is 0 Å². The third-order valence-electron chi connectivity index (χ3n) is 2.80. The Morgan fingerprint density at radius 2 is 2.19 bits per heavy atom. The minimum absolute atomic E-state index is 0.217.